The molecule has 1 fully saturated rings. The van der Waals surface area contributed by atoms with Crippen LogP contribution in [0.4, 0.5) is 13.2 Å². The first-order chi connectivity index (χ1) is 8.54. The second kappa shape index (κ2) is 5.92. The van der Waals surface area contributed by atoms with Gasteiger partial charge < -0.3 is 9.84 Å². The molecule has 10 heteroatoms. The maximum Gasteiger partial charge on any atom is 0.402 e. The van der Waals surface area contributed by atoms with E-state index >= 15 is 0 Å². The van der Waals surface area contributed by atoms with E-state index in [-0.39, 0.29) is 19.4 Å². The van der Waals surface area contributed by atoms with Crippen molar-refractivity contribution in [2.75, 3.05) is 33.4 Å². The molecule has 0 aromatic carbocycles. The molecule has 1 heterocycles. The van der Waals surface area contributed by atoms with Crippen LogP contribution in [0.1, 0.15) is 12.8 Å². The molecule has 114 valence electrons. The Morgan fingerprint density at radius 3 is 2.37 bits per heavy atom. The maximum absolute atomic E-state index is 12.0. The van der Waals surface area contributed by atoms with E-state index < -0.39 is 28.5 Å². The normalized spacial score (nSPS) is 20.7. The van der Waals surface area contributed by atoms with Gasteiger partial charge in [-0.1, -0.05) is 0 Å². The number of halogens is 3. The smallest absolute Gasteiger partial charge is 0.388 e. The first kappa shape index (κ1) is 16.6. The third kappa shape index (κ3) is 5.61. The lowest BCUT2D eigenvalue weighted by molar-refractivity contribution is -0.121. The van der Waals surface area contributed by atoms with E-state index in [0.717, 1.165) is 7.05 Å². The molecule has 0 spiro atoms. The SMILES string of the molecule is CN(CC1(O)CCOCC1)S(=O)(=O)NCC(F)(F)F. The Morgan fingerprint density at radius 1 is 1.37 bits per heavy atom. The molecule has 1 aliphatic heterocycles. The van der Waals surface area contributed by atoms with Crippen molar-refractivity contribution in [2.24, 2.45) is 0 Å². The molecule has 0 aliphatic carbocycles. The lowest BCUT2D eigenvalue weighted by Crippen LogP contribution is -2.51. The second-order valence-electron chi connectivity index (χ2n) is 4.53. The Balaban J connectivity index is 2.58. The fourth-order valence-electron chi connectivity index (χ4n) is 1.69. The van der Waals surface area contributed by atoms with Crippen LogP contribution in [-0.4, -0.2) is 63.0 Å². The molecule has 1 rings (SSSR count). The summed E-state index contributed by atoms with van der Waals surface area (Å²) in [6.07, 6.45) is -4.14. The Hall–Kier alpha value is -0.420. The van der Waals surface area contributed by atoms with Gasteiger partial charge in [-0.25, -0.2) is 0 Å². The lowest BCUT2D eigenvalue weighted by atomic mass is 9.95. The van der Waals surface area contributed by atoms with Crippen molar-refractivity contribution < 1.29 is 31.4 Å². The summed E-state index contributed by atoms with van der Waals surface area (Å²) < 4.78 is 66.2. The predicted molar refractivity (Wildman–Crippen MR) is 60.6 cm³/mol. The van der Waals surface area contributed by atoms with Gasteiger partial charge in [-0.15, -0.1) is 0 Å². The van der Waals surface area contributed by atoms with E-state index in [1.807, 2.05) is 0 Å². The second-order valence-corrected chi connectivity index (χ2v) is 6.40. The van der Waals surface area contributed by atoms with Crippen molar-refractivity contribution in [3.8, 4) is 0 Å². The van der Waals surface area contributed by atoms with Crippen molar-refractivity contribution in [1.82, 2.24) is 9.03 Å². The summed E-state index contributed by atoms with van der Waals surface area (Å²) in [4.78, 5) is 0. The molecule has 1 aliphatic rings. The standard InChI is InChI=1S/C9H17F3N2O4S/c1-14(7-8(15)2-4-18-5-3-8)19(16,17)13-6-9(10,11)12/h13,15H,2-7H2,1H3. The number of hydrogen-bond acceptors (Lipinski definition) is 4. The van der Waals surface area contributed by atoms with E-state index in [9.17, 15) is 26.7 Å². The van der Waals surface area contributed by atoms with Crippen LogP contribution in [0.25, 0.3) is 0 Å². The summed E-state index contributed by atoms with van der Waals surface area (Å²) in [6, 6.07) is 0. The fourth-order valence-corrected chi connectivity index (χ4v) is 2.67. The van der Waals surface area contributed by atoms with Gasteiger partial charge in [-0.3, -0.25) is 0 Å². The van der Waals surface area contributed by atoms with Gasteiger partial charge in [0.25, 0.3) is 10.2 Å². The van der Waals surface area contributed by atoms with Gasteiger partial charge in [0.15, 0.2) is 0 Å². The number of likely N-dealkylation sites (N-methyl/N-ethyl adjacent to an activating group) is 1. The third-order valence-electron chi connectivity index (χ3n) is 2.81. The first-order valence-electron chi connectivity index (χ1n) is 5.62. The highest BCUT2D eigenvalue weighted by Gasteiger charge is 2.36. The quantitative estimate of drug-likeness (QED) is 0.741. The van der Waals surface area contributed by atoms with Crippen molar-refractivity contribution >= 4 is 10.2 Å². The van der Waals surface area contributed by atoms with E-state index in [2.05, 4.69) is 0 Å². The molecule has 0 atom stereocenters. The number of ether oxygens (including phenoxy) is 1. The van der Waals surface area contributed by atoms with Crippen molar-refractivity contribution in [3.63, 3.8) is 0 Å². The average molecular weight is 306 g/mol. The molecular formula is C9H17F3N2O4S. The molecule has 0 saturated carbocycles. The minimum absolute atomic E-state index is 0.242. The number of alkyl halides is 3. The molecule has 0 aromatic rings. The molecule has 0 aromatic heterocycles. The van der Waals surface area contributed by atoms with Gasteiger partial charge in [-0.2, -0.15) is 30.6 Å². The highest BCUT2D eigenvalue weighted by atomic mass is 32.2. The largest absolute Gasteiger partial charge is 0.402 e. The van der Waals surface area contributed by atoms with E-state index in [1.54, 1.807) is 0 Å². The summed E-state index contributed by atoms with van der Waals surface area (Å²) in [7, 11) is -3.15. The minimum atomic E-state index is -4.62. The molecule has 1 saturated heterocycles. The lowest BCUT2D eigenvalue weighted by Gasteiger charge is -2.34. The first-order valence-corrected chi connectivity index (χ1v) is 7.06. The van der Waals surface area contributed by atoms with E-state index in [1.165, 1.54) is 4.72 Å². The minimum Gasteiger partial charge on any atom is -0.388 e. The Bertz CT molecular complexity index is 393. The fraction of sp³-hybridized carbons (Fsp3) is 1.00. The van der Waals surface area contributed by atoms with Gasteiger partial charge in [0.05, 0.1) is 5.60 Å². The van der Waals surface area contributed by atoms with Crippen LogP contribution >= 0.6 is 0 Å². The van der Waals surface area contributed by atoms with Crippen molar-refractivity contribution in [1.29, 1.82) is 0 Å². The molecule has 0 unspecified atom stereocenters. The van der Waals surface area contributed by atoms with Gasteiger partial charge in [0, 0.05) is 39.6 Å². The van der Waals surface area contributed by atoms with Crippen LogP contribution in [0.3, 0.4) is 0 Å². The molecular weight excluding hydrogens is 289 g/mol. The summed E-state index contributed by atoms with van der Waals surface area (Å²) >= 11 is 0. The molecule has 2 N–H and O–H groups in total. The molecule has 0 bridgehead atoms. The number of aliphatic hydroxyl groups is 1. The average Bonchev–Trinajstić information content (AvgIpc) is 2.26. The Kier molecular flexibility index (Phi) is 5.18. The van der Waals surface area contributed by atoms with Crippen molar-refractivity contribution in [3.05, 3.63) is 0 Å². The Labute approximate surface area is 109 Å². The molecule has 0 radical (unpaired) electrons. The van der Waals surface area contributed by atoms with Gasteiger partial charge >= 0.3 is 6.18 Å². The zero-order valence-electron chi connectivity index (χ0n) is 10.4. The summed E-state index contributed by atoms with van der Waals surface area (Å²) in [5.41, 5.74) is -1.26. The highest BCUT2D eigenvalue weighted by molar-refractivity contribution is 7.87. The summed E-state index contributed by atoms with van der Waals surface area (Å²) in [5, 5.41) is 10.1. The van der Waals surface area contributed by atoms with Gasteiger partial charge in [0.1, 0.15) is 6.54 Å². The maximum atomic E-state index is 12.0. The number of hydrogen-bond donors (Lipinski definition) is 2. The molecule has 0 amide bonds. The predicted octanol–water partition coefficient (Wildman–Crippen LogP) is -0.144. The van der Waals surface area contributed by atoms with Crippen LogP contribution in [0, 0.1) is 0 Å². The number of rotatable bonds is 5. The van der Waals surface area contributed by atoms with Crippen LogP contribution in [0.5, 0.6) is 0 Å². The Morgan fingerprint density at radius 2 is 1.89 bits per heavy atom. The topological polar surface area (TPSA) is 78.9 Å². The van der Waals surface area contributed by atoms with E-state index in [4.69, 9.17) is 4.74 Å². The monoisotopic (exact) mass is 306 g/mol. The van der Waals surface area contributed by atoms with Gasteiger partial charge in [-0.05, 0) is 0 Å². The van der Waals surface area contributed by atoms with Crippen LogP contribution in [0.2, 0.25) is 0 Å². The van der Waals surface area contributed by atoms with Crippen LogP contribution in [-0.2, 0) is 14.9 Å². The summed E-state index contributed by atoms with van der Waals surface area (Å²) in [6.45, 7) is -1.33. The van der Waals surface area contributed by atoms with Gasteiger partial charge in [0.2, 0.25) is 0 Å². The number of nitrogens with one attached hydrogen (secondary N) is 1. The van der Waals surface area contributed by atoms with Crippen LogP contribution in [0.15, 0.2) is 0 Å². The summed E-state index contributed by atoms with van der Waals surface area (Å²) in [5.74, 6) is 0. The zero-order chi connectivity index (χ0) is 14.7. The van der Waals surface area contributed by atoms with E-state index in [0.29, 0.717) is 17.5 Å². The highest BCUT2D eigenvalue weighted by Crippen LogP contribution is 2.22. The van der Waals surface area contributed by atoms with Crippen LogP contribution < -0.4 is 4.72 Å². The zero-order valence-corrected chi connectivity index (χ0v) is 11.2. The third-order valence-corrected chi connectivity index (χ3v) is 4.26. The molecule has 6 nitrogen and oxygen atoms in total. The number of nitrogens with zero attached hydrogens (tertiary/aromatic N) is 1. The molecule has 19 heavy (non-hydrogen) atoms. The van der Waals surface area contributed by atoms with Crippen molar-refractivity contribution in [2.45, 2.75) is 24.6 Å².